The first-order valence-corrected chi connectivity index (χ1v) is 11.8. The Morgan fingerprint density at radius 3 is 2.39 bits per heavy atom. The standard InChI is InChI=1S/C25H39N3O3/c1-19-8-7-13-27(17-19)18-22-10-6-5-9-21(22)16-26-23(29)20-11-14-28(15-12-20)24(30)31-25(2,3)4/h5-6,9-10,19-20H,7-8,11-18H2,1-4H3,(H,26,29). The van der Waals surface area contributed by atoms with Gasteiger partial charge in [0.2, 0.25) is 5.91 Å². The summed E-state index contributed by atoms with van der Waals surface area (Å²) >= 11 is 0. The molecule has 1 aromatic rings. The molecule has 0 spiro atoms. The quantitative estimate of drug-likeness (QED) is 0.763. The normalized spacial score (nSPS) is 21.0. The number of carbonyl (C=O) groups excluding carboxylic acids is 2. The number of likely N-dealkylation sites (tertiary alicyclic amines) is 2. The topological polar surface area (TPSA) is 61.9 Å². The van der Waals surface area contributed by atoms with Crippen molar-refractivity contribution in [1.82, 2.24) is 15.1 Å². The van der Waals surface area contributed by atoms with Gasteiger partial charge in [-0.05, 0) is 70.0 Å². The van der Waals surface area contributed by atoms with Crippen molar-refractivity contribution in [2.24, 2.45) is 11.8 Å². The zero-order chi connectivity index (χ0) is 22.4. The van der Waals surface area contributed by atoms with Crippen molar-refractivity contribution in [3.63, 3.8) is 0 Å². The highest BCUT2D eigenvalue weighted by atomic mass is 16.6. The molecule has 2 amide bonds. The lowest BCUT2D eigenvalue weighted by Gasteiger charge is -2.33. The number of hydrogen-bond donors (Lipinski definition) is 1. The van der Waals surface area contributed by atoms with Gasteiger partial charge in [0.25, 0.3) is 0 Å². The highest BCUT2D eigenvalue weighted by Crippen LogP contribution is 2.22. The molecule has 3 rings (SSSR count). The molecule has 1 atom stereocenters. The van der Waals surface area contributed by atoms with Crippen LogP contribution in [0.3, 0.4) is 0 Å². The molecule has 1 aromatic carbocycles. The lowest BCUT2D eigenvalue weighted by molar-refractivity contribution is -0.126. The Bertz CT molecular complexity index is 751. The first-order chi connectivity index (χ1) is 14.7. The third-order valence-corrected chi connectivity index (χ3v) is 6.22. The van der Waals surface area contributed by atoms with E-state index >= 15 is 0 Å². The van der Waals surface area contributed by atoms with Crippen LogP contribution in [-0.4, -0.2) is 53.6 Å². The summed E-state index contributed by atoms with van der Waals surface area (Å²) in [4.78, 5) is 29.2. The summed E-state index contributed by atoms with van der Waals surface area (Å²) in [6.45, 7) is 12.9. The molecule has 0 saturated carbocycles. The highest BCUT2D eigenvalue weighted by molar-refractivity contribution is 5.79. The summed E-state index contributed by atoms with van der Waals surface area (Å²) in [7, 11) is 0. The van der Waals surface area contributed by atoms with E-state index in [1.807, 2.05) is 26.8 Å². The molecule has 2 aliphatic rings. The van der Waals surface area contributed by atoms with Gasteiger partial charge in [0.1, 0.15) is 5.60 Å². The van der Waals surface area contributed by atoms with E-state index in [1.54, 1.807) is 4.90 Å². The number of benzene rings is 1. The van der Waals surface area contributed by atoms with E-state index in [0.717, 1.165) is 25.6 Å². The van der Waals surface area contributed by atoms with Gasteiger partial charge in [0.05, 0.1) is 0 Å². The van der Waals surface area contributed by atoms with Crippen molar-refractivity contribution < 1.29 is 14.3 Å². The molecular weight excluding hydrogens is 390 g/mol. The second kappa shape index (κ2) is 10.5. The van der Waals surface area contributed by atoms with E-state index < -0.39 is 5.60 Å². The van der Waals surface area contributed by atoms with Crippen LogP contribution < -0.4 is 5.32 Å². The maximum Gasteiger partial charge on any atom is 0.410 e. The first-order valence-electron chi connectivity index (χ1n) is 11.8. The number of rotatable bonds is 5. The second-order valence-corrected chi connectivity index (χ2v) is 10.2. The Morgan fingerprint density at radius 1 is 1.06 bits per heavy atom. The third kappa shape index (κ3) is 7.23. The van der Waals surface area contributed by atoms with Crippen molar-refractivity contribution in [2.75, 3.05) is 26.2 Å². The van der Waals surface area contributed by atoms with Crippen LogP contribution >= 0.6 is 0 Å². The number of amides is 2. The second-order valence-electron chi connectivity index (χ2n) is 10.2. The number of nitrogens with one attached hydrogen (secondary N) is 1. The summed E-state index contributed by atoms with van der Waals surface area (Å²) in [5, 5.41) is 3.15. The SMILES string of the molecule is CC1CCCN(Cc2ccccc2CNC(=O)C2CCN(C(=O)OC(C)(C)C)CC2)C1. The average molecular weight is 430 g/mol. The number of nitrogens with zero attached hydrogens (tertiary/aromatic N) is 2. The van der Waals surface area contributed by atoms with Gasteiger partial charge in [-0.25, -0.2) is 4.79 Å². The summed E-state index contributed by atoms with van der Waals surface area (Å²) in [6, 6.07) is 8.43. The van der Waals surface area contributed by atoms with Gasteiger partial charge in [-0.15, -0.1) is 0 Å². The van der Waals surface area contributed by atoms with Gasteiger partial charge >= 0.3 is 6.09 Å². The minimum atomic E-state index is -0.495. The zero-order valence-corrected chi connectivity index (χ0v) is 19.7. The average Bonchev–Trinajstić information content (AvgIpc) is 2.72. The molecule has 1 N–H and O–H groups in total. The van der Waals surface area contributed by atoms with Crippen LogP contribution in [-0.2, 0) is 22.6 Å². The van der Waals surface area contributed by atoms with Crippen LogP contribution in [0.15, 0.2) is 24.3 Å². The molecule has 0 aromatic heterocycles. The van der Waals surface area contributed by atoms with E-state index in [1.165, 1.54) is 24.0 Å². The van der Waals surface area contributed by atoms with Crippen molar-refractivity contribution in [3.8, 4) is 0 Å². The predicted molar refractivity (Wildman–Crippen MR) is 122 cm³/mol. The lowest BCUT2D eigenvalue weighted by atomic mass is 9.96. The van der Waals surface area contributed by atoms with Crippen molar-refractivity contribution in [3.05, 3.63) is 35.4 Å². The minimum absolute atomic E-state index is 0.0474. The smallest absolute Gasteiger partial charge is 0.410 e. The van der Waals surface area contributed by atoms with Gasteiger partial charge in [0, 0.05) is 38.6 Å². The summed E-state index contributed by atoms with van der Waals surface area (Å²) < 4.78 is 5.44. The molecule has 2 saturated heterocycles. The van der Waals surface area contributed by atoms with Gasteiger partial charge in [-0.1, -0.05) is 31.2 Å². The first kappa shape index (κ1) is 23.6. The fourth-order valence-corrected chi connectivity index (χ4v) is 4.53. The van der Waals surface area contributed by atoms with Crippen LogP contribution in [0.2, 0.25) is 0 Å². The maximum atomic E-state index is 12.8. The summed E-state index contributed by atoms with van der Waals surface area (Å²) in [5.41, 5.74) is 2.00. The van der Waals surface area contributed by atoms with Crippen LogP contribution in [0.4, 0.5) is 4.79 Å². The van der Waals surface area contributed by atoms with Crippen LogP contribution in [0.1, 0.15) is 64.5 Å². The van der Waals surface area contributed by atoms with Crippen LogP contribution in [0.5, 0.6) is 0 Å². The molecule has 172 valence electrons. The third-order valence-electron chi connectivity index (χ3n) is 6.22. The Balaban J connectivity index is 1.48. The molecular formula is C25H39N3O3. The van der Waals surface area contributed by atoms with Crippen molar-refractivity contribution in [1.29, 1.82) is 0 Å². The van der Waals surface area contributed by atoms with Gasteiger partial charge in [0.15, 0.2) is 0 Å². The Labute approximate surface area is 187 Å². The van der Waals surface area contributed by atoms with Gasteiger partial charge in [-0.3, -0.25) is 9.69 Å². The molecule has 0 bridgehead atoms. The molecule has 0 aliphatic carbocycles. The number of carbonyl (C=O) groups is 2. The van der Waals surface area contributed by atoms with Gasteiger partial charge < -0.3 is 15.0 Å². The Kier molecular flexibility index (Phi) is 7.98. The van der Waals surface area contributed by atoms with Crippen molar-refractivity contribution >= 4 is 12.0 Å². The van der Waals surface area contributed by atoms with Crippen molar-refractivity contribution in [2.45, 2.75) is 72.1 Å². The fourth-order valence-electron chi connectivity index (χ4n) is 4.53. The fraction of sp³-hybridized carbons (Fsp3) is 0.680. The van der Waals surface area contributed by atoms with Crippen LogP contribution in [0.25, 0.3) is 0 Å². The largest absolute Gasteiger partial charge is 0.444 e. The van der Waals surface area contributed by atoms with E-state index in [-0.39, 0.29) is 17.9 Å². The van der Waals surface area contributed by atoms with E-state index in [4.69, 9.17) is 4.74 Å². The monoisotopic (exact) mass is 429 g/mol. The predicted octanol–water partition coefficient (Wildman–Crippen LogP) is 4.18. The zero-order valence-electron chi connectivity index (χ0n) is 19.7. The molecule has 0 radical (unpaired) electrons. The van der Waals surface area contributed by atoms with E-state index in [9.17, 15) is 9.59 Å². The molecule has 31 heavy (non-hydrogen) atoms. The van der Waals surface area contributed by atoms with E-state index in [0.29, 0.717) is 32.5 Å². The Hall–Kier alpha value is -2.08. The Morgan fingerprint density at radius 2 is 1.74 bits per heavy atom. The number of ether oxygens (including phenoxy) is 1. The lowest BCUT2D eigenvalue weighted by Crippen LogP contribution is -2.44. The highest BCUT2D eigenvalue weighted by Gasteiger charge is 2.30. The summed E-state index contributed by atoms with van der Waals surface area (Å²) in [5.74, 6) is 0.797. The molecule has 2 heterocycles. The number of hydrogen-bond acceptors (Lipinski definition) is 4. The van der Waals surface area contributed by atoms with Gasteiger partial charge in [-0.2, -0.15) is 0 Å². The molecule has 2 fully saturated rings. The molecule has 2 aliphatic heterocycles. The summed E-state index contributed by atoms with van der Waals surface area (Å²) in [6.07, 6.45) is 3.66. The molecule has 6 heteroatoms. The number of piperidine rings is 2. The molecule has 6 nitrogen and oxygen atoms in total. The van der Waals surface area contributed by atoms with Crippen LogP contribution in [0, 0.1) is 11.8 Å². The minimum Gasteiger partial charge on any atom is -0.444 e. The molecule has 1 unspecified atom stereocenters. The van der Waals surface area contributed by atoms with E-state index in [2.05, 4.69) is 35.3 Å². The maximum absolute atomic E-state index is 12.8.